The fourth-order valence-corrected chi connectivity index (χ4v) is 12.2. The van der Waals surface area contributed by atoms with Crippen LogP contribution in [0.1, 0.15) is 43.7 Å². The molecule has 410 valence electrons. The van der Waals surface area contributed by atoms with E-state index in [0.717, 1.165) is 17.2 Å². The molecule has 0 aromatic heterocycles. The number of anilines is 6. The lowest BCUT2D eigenvalue weighted by Crippen LogP contribution is -2.22. The van der Waals surface area contributed by atoms with E-state index in [-0.39, 0.29) is 72.0 Å². The molecule has 10 rings (SSSR count). The summed E-state index contributed by atoms with van der Waals surface area (Å²) < 4.78 is 80.0. The number of amides is 4. The fraction of sp³-hybridized carbons (Fsp3) is 0.100. The van der Waals surface area contributed by atoms with E-state index in [2.05, 4.69) is 26.6 Å². The van der Waals surface area contributed by atoms with Gasteiger partial charge in [-0.3, -0.25) is 9.11 Å². The monoisotopic (exact) mass is 1130 g/mol. The topological polar surface area (TPSA) is 306 Å². The molecule has 1 aliphatic heterocycles. The van der Waals surface area contributed by atoms with Crippen LogP contribution < -0.4 is 31.9 Å². The summed E-state index contributed by atoms with van der Waals surface area (Å²) in [7, 11) is -9.77. The van der Waals surface area contributed by atoms with Crippen molar-refractivity contribution in [2.75, 3.05) is 26.6 Å². The predicted octanol–water partition coefficient (Wildman–Crippen LogP) is 13.2. The SMILES string of the molecule is Cc1cc(C)c(Nc2ccc3c(-c4ccccc4S(=O)(=O)O)c4ccc(=Nc5c(C)c(NC(=O)Nc6cc(C(=O)O)c(O)c7ccccc67)c(C)c(S(=O)(=O)O)c5C)cc-4oc3c2)c(C)c1NC(=O)Nc1ccc(O)c2ccccc12. The van der Waals surface area contributed by atoms with Crippen LogP contribution in [0.15, 0.2) is 153 Å². The smallest absolute Gasteiger partial charge is 0.339 e. The molecule has 21 heteroatoms. The first-order valence-corrected chi connectivity index (χ1v) is 27.7. The second-order valence-corrected chi connectivity index (χ2v) is 22.1. The van der Waals surface area contributed by atoms with Gasteiger partial charge in [-0.05, 0) is 123 Å². The average molecular weight is 1130 g/mol. The minimum atomic E-state index is -4.98. The number of urea groups is 2. The molecule has 0 bridgehead atoms. The minimum Gasteiger partial charge on any atom is -0.507 e. The molecule has 2 aliphatic rings. The number of hydrogen-bond donors (Lipinski definition) is 10. The van der Waals surface area contributed by atoms with Crippen molar-refractivity contribution in [3.05, 3.63) is 178 Å². The number of fused-ring (bicyclic) bond motifs is 4. The first kappa shape index (κ1) is 54.6. The molecule has 0 saturated heterocycles. The average Bonchev–Trinajstić information content (AvgIpc) is 3.44. The summed E-state index contributed by atoms with van der Waals surface area (Å²) in [5.41, 5.74) is 5.42. The Morgan fingerprint density at radius 3 is 1.83 bits per heavy atom. The molecule has 0 spiro atoms. The second-order valence-electron chi connectivity index (χ2n) is 19.4. The van der Waals surface area contributed by atoms with E-state index in [0.29, 0.717) is 61.0 Å². The van der Waals surface area contributed by atoms with E-state index < -0.39 is 54.5 Å². The Labute approximate surface area is 463 Å². The first-order chi connectivity index (χ1) is 38.4. The van der Waals surface area contributed by atoms with Crippen molar-refractivity contribution in [1.29, 1.82) is 0 Å². The molecule has 4 amide bonds. The van der Waals surface area contributed by atoms with Gasteiger partial charge in [0.2, 0.25) is 0 Å². The molecule has 1 heterocycles. The van der Waals surface area contributed by atoms with Crippen LogP contribution in [-0.4, -0.2) is 59.3 Å². The van der Waals surface area contributed by atoms with E-state index >= 15 is 0 Å². The minimum absolute atomic E-state index is 0.0140. The van der Waals surface area contributed by atoms with Gasteiger partial charge in [-0.15, -0.1) is 0 Å². The summed E-state index contributed by atoms with van der Waals surface area (Å²) in [4.78, 5) is 43.5. The summed E-state index contributed by atoms with van der Waals surface area (Å²) in [5.74, 6) is -1.72. The largest absolute Gasteiger partial charge is 0.507 e. The lowest BCUT2D eigenvalue weighted by atomic mass is 9.93. The molecular formula is C60H50N6O13S2. The van der Waals surface area contributed by atoms with Crippen molar-refractivity contribution in [2.24, 2.45) is 4.99 Å². The Hall–Kier alpha value is -9.80. The number of nitrogens with one attached hydrogen (secondary N) is 5. The van der Waals surface area contributed by atoms with Crippen LogP contribution in [-0.2, 0) is 20.2 Å². The van der Waals surface area contributed by atoms with Crippen LogP contribution >= 0.6 is 0 Å². The van der Waals surface area contributed by atoms with E-state index in [1.807, 2.05) is 26.8 Å². The van der Waals surface area contributed by atoms with E-state index in [9.17, 15) is 55.6 Å². The molecule has 8 aromatic carbocycles. The van der Waals surface area contributed by atoms with Crippen molar-refractivity contribution in [2.45, 2.75) is 51.3 Å². The number of phenolic OH excluding ortho intramolecular Hbond substituents is 1. The first-order valence-electron chi connectivity index (χ1n) is 24.9. The quantitative estimate of drug-likeness (QED) is 0.0327. The van der Waals surface area contributed by atoms with Crippen LogP contribution in [0, 0.1) is 41.5 Å². The highest BCUT2D eigenvalue weighted by atomic mass is 32.2. The van der Waals surface area contributed by atoms with Gasteiger partial charge >= 0.3 is 18.0 Å². The molecular weight excluding hydrogens is 1080 g/mol. The number of carboxylic acid groups (broad SMARTS) is 1. The third kappa shape index (κ3) is 10.3. The molecule has 1 aliphatic carbocycles. The number of aryl methyl sites for hydroxylation is 2. The number of carboxylic acids is 1. The number of aromatic hydroxyl groups is 2. The Bertz CT molecular complexity index is 4630. The predicted molar refractivity (Wildman–Crippen MR) is 311 cm³/mol. The van der Waals surface area contributed by atoms with E-state index in [4.69, 9.17) is 9.41 Å². The van der Waals surface area contributed by atoms with Crippen LogP contribution in [0.5, 0.6) is 11.5 Å². The maximum atomic E-state index is 13.9. The zero-order valence-electron chi connectivity index (χ0n) is 44.0. The Morgan fingerprint density at radius 1 is 0.531 bits per heavy atom. The number of aromatic carboxylic acids is 1. The number of carbonyl (C=O) groups is 3. The highest BCUT2D eigenvalue weighted by Crippen LogP contribution is 2.45. The Balaban J connectivity index is 1.07. The van der Waals surface area contributed by atoms with E-state index in [1.54, 1.807) is 97.9 Å². The van der Waals surface area contributed by atoms with Crippen molar-refractivity contribution in [1.82, 2.24) is 0 Å². The van der Waals surface area contributed by atoms with Crippen LogP contribution in [0.3, 0.4) is 0 Å². The van der Waals surface area contributed by atoms with Gasteiger partial charge in [0.25, 0.3) is 20.2 Å². The second kappa shape index (κ2) is 20.8. The van der Waals surface area contributed by atoms with Crippen LogP contribution in [0.2, 0.25) is 0 Å². The van der Waals surface area contributed by atoms with E-state index in [1.165, 1.54) is 44.2 Å². The number of carbonyl (C=O) groups excluding carboxylic acids is 2. The zero-order valence-corrected chi connectivity index (χ0v) is 45.6. The van der Waals surface area contributed by atoms with Gasteiger partial charge in [0.15, 0.2) is 0 Å². The number of hydrogen-bond acceptors (Lipinski definition) is 12. The van der Waals surface area contributed by atoms with Gasteiger partial charge in [-0.1, -0.05) is 72.8 Å². The van der Waals surface area contributed by atoms with Gasteiger partial charge in [0, 0.05) is 67.1 Å². The van der Waals surface area contributed by atoms with Gasteiger partial charge in [-0.2, -0.15) is 16.8 Å². The molecule has 0 radical (unpaired) electrons. The van der Waals surface area contributed by atoms with Crippen molar-refractivity contribution >= 4 is 111 Å². The summed E-state index contributed by atoms with van der Waals surface area (Å²) >= 11 is 0. The highest BCUT2D eigenvalue weighted by molar-refractivity contribution is 7.86. The molecule has 8 aromatic rings. The molecule has 0 saturated carbocycles. The normalized spacial score (nSPS) is 12.0. The molecule has 0 atom stereocenters. The summed E-state index contributed by atoms with van der Waals surface area (Å²) in [5, 5.41) is 47.9. The summed E-state index contributed by atoms with van der Waals surface area (Å²) in [6.45, 7) is 10.0. The maximum Gasteiger partial charge on any atom is 0.339 e. The summed E-state index contributed by atoms with van der Waals surface area (Å²) in [6.07, 6.45) is 0. The number of phenols is 2. The van der Waals surface area contributed by atoms with Crippen LogP contribution in [0.4, 0.5) is 49.4 Å². The third-order valence-electron chi connectivity index (χ3n) is 14.1. The molecule has 10 N–H and O–H groups in total. The maximum absolute atomic E-state index is 13.9. The molecule has 19 nitrogen and oxygen atoms in total. The number of rotatable bonds is 11. The zero-order chi connectivity index (χ0) is 58.0. The molecule has 0 fully saturated rings. The highest BCUT2D eigenvalue weighted by Gasteiger charge is 2.28. The Kier molecular flexibility index (Phi) is 14.0. The lowest BCUT2D eigenvalue weighted by molar-refractivity contribution is 0.0693. The number of nitrogens with zero attached hydrogens (tertiary/aromatic N) is 1. The standard InChI is InChI=1S/C60H50N6O13S2/c1-29-25-30(2)53(65-59(71)63-45-23-24-47(67)39-15-9-7-13-37(39)45)31(3)52(29)61-35-19-21-41-48(26-35)79-49-27-36(20-22-42(49)51(41)43-17-11-12-18-50(43)80(73,74)75)62-54-32(4)55(34(6)57(33(54)5)81(76,77)78)66-60(72)64-46-28-44(58(69)70)56(68)40-16-10-8-14-38(40)46/h7-28,61,67-68H,1-6H3,(H,69,70)(H2,63,65,71)(H2,64,66,72)(H,73,74,75)(H,76,77,78). The molecule has 81 heavy (non-hydrogen) atoms. The fourth-order valence-electron chi connectivity index (χ4n) is 10.5. The van der Waals surface area contributed by atoms with Crippen LogP contribution in [0.25, 0.3) is 55.0 Å². The molecule has 0 unspecified atom stereocenters. The van der Waals surface area contributed by atoms with Gasteiger partial charge in [0.1, 0.15) is 38.2 Å². The lowest BCUT2D eigenvalue weighted by Gasteiger charge is -2.21. The van der Waals surface area contributed by atoms with Crippen molar-refractivity contribution < 1.29 is 60.1 Å². The van der Waals surface area contributed by atoms with Gasteiger partial charge in [-0.25, -0.2) is 19.4 Å². The van der Waals surface area contributed by atoms with Crippen molar-refractivity contribution in [3.8, 4) is 33.9 Å². The van der Waals surface area contributed by atoms with Gasteiger partial charge in [0.05, 0.1) is 33.8 Å². The number of benzene rings is 9. The third-order valence-corrected chi connectivity index (χ3v) is 16.2. The summed E-state index contributed by atoms with van der Waals surface area (Å²) in [6, 6.07) is 33.9. The van der Waals surface area contributed by atoms with Crippen molar-refractivity contribution in [3.63, 3.8) is 0 Å². The van der Waals surface area contributed by atoms with Gasteiger partial charge < -0.3 is 46.3 Å². The Morgan fingerprint density at radius 2 is 1.15 bits per heavy atom.